The number of aliphatic hydroxyl groups excluding tert-OH is 1. The summed E-state index contributed by atoms with van der Waals surface area (Å²) in [7, 11) is 1.54. The standard InChI is InChI=1S/C26H45NO4/c1-7-31-22-14-25(4)16(12-21(22)28)8-9-17-18-10-11-19(24(29)30-6)26(18,5)13-20(23(17)25)27-15(2)3/h15-23,27-28H,7-14H2,1-6H3/t16?,17-,18-,19?,20?,21?,22?,23-,25-,26-/m0/s1. The summed E-state index contributed by atoms with van der Waals surface area (Å²) >= 11 is 0. The summed E-state index contributed by atoms with van der Waals surface area (Å²) in [5.41, 5.74) is 0.177. The van der Waals surface area contributed by atoms with E-state index >= 15 is 0 Å². The van der Waals surface area contributed by atoms with E-state index in [-0.39, 0.29) is 34.9 Å². The molecule has 0 heterocycles. The number of rotatable bonds is 5. The summed E-state index contributed by atoms with van der Waals surface area (Å²) in [5.74, 6) is 2.35. The summed E-state index contributed by atoms with van der Waals surface area (Å²) in [4.78, 5) is 12.7. The minimum atomic E-state index is -0.338. The molecular formula is C26H45NO4. The number of hydrogen-bond donors (Lipinski definition) is 2. The van der Waals surface area contributed by atoms with Crippen molar-refractivity contribution in [1.29, 1.82) is 0 Å². The van der Waals surface area contributed by atoms with Crippen LogP contribution in [0.25, 0.3) is 0 Å². The molecule has 0 aromatic rings. The molecule has 4 rings (SSSR count). The highest BCUT2D eigenvalue weighted by Crippen LogP contribution is 2.67. The van der Waals surface area contributed by atoms with Crippen molar-refractivity contribution in [3.8, 4) is 0 Å². The van der Waals surface area contributed by atoms with Gasteiger partial charge in [0.25, 0.3) is 0 Å². The Balaban J connectivity index is 1.70. The molecule has 0 saturated heterocycles. The van der Waals surface area contributed by atoms with E-state index in [2.05, 4.69) is 33.0 Å². The van der Waals surface area contributed by atoms with Gasteiger partial charge in [0.1, 0.15) is 0 Å². The average molecular weight is 436 g/mol. The maximum atomic E-state index is 12.7. The van der Waals surface area contributed by atoms with Crippen molar-refractivity contribution in [1.82, 2.24) is 5.32 Å². The van der Waals surface area contributed by atoms with Gasteiger partial charge in [-0.2, -0.15) is 0 Å². The highest BCUT2D eigenvalue weighted by molar-refractivity contribution is 5.74. The van der Waals surface area contributed by atoms with Gasteiger partial charge in [-0.3, -0.25) is 4.79 Å². The first-order valence-electron chi connectivity index (χ1n) is 12.8. The molecule has 31 heavy (non-hydrogen) atoms. The quantitative estimate of drug-likeness (QED) is 0.635. The van der Waals surface area contributed by atoms with Crippen LogP contribution >= 0.6 is 0 Å². The molecule has 178 valence electrons. The molecule has 0 amide bonds. The highest BCUT2D eigenvalue weighted by Gasteiger charge is 2.65. The minimum Gasteiger partial charge on any atom is -0.469 e. The van der Waals surface area contributed by atoms with Gasteiger partial charge in [0, 0.05) is 18.7 Å². The van der Waals surface area contributed by atoms with Crippen LogP contribution in [0.1, 0.15) is 79.6 Å². The Labute approximate surface area is 189 Å². The van der Waals surface area contributed by atoms with Crippen LogP contribution in [0.3, 0.4) is 0 Å². The van der Waals surface area contributed by atoms with Crippen LogP contribution in [-0.4, -0.2) is 49.1 Å². The van der Waals surface area contributed by atoms with Gasteiger partial charge in [0.15, 0.2) is 0 Å². The molecule has 0 aliphatic heterocycles. The van der Waals surface area contributed by atoms with E-state index in [9.17, 15) is 9.90 Å². The Morgan fingerprint density at radius 3 is 2.52 bits per heavy atom. The summed E-state index contributed by atoms with van der Waals surface area (Å²) in [5, 5.41) is 14.7. The van der Waals surface area contributed by atoms with Crippen molar-refractivity contribution in [2.24, 2.45) is 40.4 Å². The molecule has 4 aliphatic rings. The first-order valence-corrected chi connectivity index (χ1v) is 12.8. The van der Waals surface area contributed by atoms with E-state index < -0.39 is 0 Å². The van der Waals surface area contributed by atoms with Gasteiger partial charge >= 0.3 is 5.97 Å². The molecule has 5 unspecified atom stereocenters. The van der Waals surface area contributed by atoms with Crippen molar-refractivity contribution < 1.29 is 19.4 Å². The first-order chi connectivity index (χ1) is 14.7. The smallest absolute Gasteiger partial charge is 0.309 e. The lowest BCUT2D eigenvalue weighted by Gasteiger charge is -2.64. The Bertz CT molecular complexity index is 668. The molecule has 5 nitrogen and oxygen atoms in total. The van der Waals surface area contributed by atoms with E-state index in [1.54, 1.807) is 7.11 Å². The van der Waals surface area contributed by atoms with Crippen LogP contribution in [0.15, 0.2) is 0 Å². The van der Waals surface area contributed by atoms with Crippen molar-refractivity contribution >= 4 is 5.97 Å². The van der Waals surface area contributed by atoms with E-state index in [4.69, 9.17) is 9.47 Å². The molecule has 10 atom stereocenters. The predicted octanol–water partition coefficient (Wildman–Crippen LogP) is 4.17. The molecule has 0 aromatic carbocycles. The maximum absolute atomic E-state index is 12.7. The van der Waals surface area contributed by atoms with Gasteiger partial charge in [-0.05, 0) is 86.4 Å². The van der Waals surface area contributed by atoms with Crippen LogP contribution in [0.4, 0.5) is 0 Å². The second-order valence-electron chi connectivity index (χ2n) is 11.9. The normalized spacial score (nSPS) is 49.3. The van der Waals surface area contributed by atoms with Crippen molar-refractivity contribution in [2.45, 2.75) is 104 Å². The number of methoxy groups -OCH3 is 1. The zero-order valence-corrected chi connectivity index (χ0v) is 20.5. The second kappa shape index (κ2) is 8.61. The van der Waals surface area contributed by atoms with Crippen LogP contribution < -0.4 is 5.32 Å². The van der Waals surface area contributed by atoms with Crippen LogP contribution in [0.5, 0.6) is 0 Å². The number of aliphatic hydroxyl groups is 1. The number of hydrogen-bond acceptors (Lipinski definition) is 5. The molecule has 0 bridgehead atoms. The highest BCUT2D eigenvalue weighted by atomic mass is 16.5. The third-order valence-corrected chi connectivity index (χ3v) is 10.0. The number of carbonyl (C=O) groups excluding carboxylic acids is 1. The molecule has 4 fully saturated rings. The second-order valence-corrected chi connectivity index (χ2v) is 11.9. The summed E-state index contributed by atoms with van der Waals surface area (Å²) in [6.07, 6.45) is 6.99. The molecule has 5 heteroatoms. The summed E-state index contributed by atoms with van der Waals surface area (Å²) in [6.45, 7) is 12.0. The topological polar surface area (TPSA) is 67.8 Å². The van der Waals surface area contributed by atoms with Crippen LogP contribution in [-0.2, 0) is 14.3 Å². The van der Waals surface area contributed by atoms with Crippen molar-refractivity contribution in [3.05, 3.63) is 0 Å². The molecule has 4 saturated carbocycles. The number of fused-ring (bicyclic) bond motifs is 5. The van der Waals surface area contributed by atoms with Crippen LogP contribution in [0, 0.1) is 40.4 Å². The molecule has 0 radical (unpaired) electrons. The van der Waals surface area contributed by atoms with Gasteiger partial charge < -0.3 is 19.9 Å². The Morgan fingerprint density at radius 2 is 1.87 bits per heavy atom. The summed E-state index contributed by atoms with van der Waals surface area (Å²) in [6, 6.07) is 0.798. The molecule has 0 aromatic heterocycles. The fourth-order valence-electron chi connectivity index (χ4n) is 8.94. The Kier molecular flexibility index (Phi) is 6.53. The lowest BCUT2D eigenvalue weighted by Crippen LogP contribution is -2.64. The number of carbonyl (C=O) groups is 1. The molecule has 4 aliphatic carbocycles. The first kappa shape index (κ1) is 23.5. The SMILES string of the molecule is CCOC1C[C@@]2(C)C(CC[C@@H]3[C@H]2C(NC(C)C)C[C@]2(C)C(C(=O)OC)CC[C@@H]32)CC1O. The zero-order valence-electron chi connectivity index (χ0n) is 20.5. The van der Waals surface area contributed by atoms with Crippen molar-refractivity contribution in [2.75, 3.05) is 13.7 Å². The largest absolute Gasteiger partial charge is 0.469 e. The maximum Gasteiger partial charge on any atom is 0.309 e. The molecular weight excluding hydrogens is 390 g/mol. The van der Waals surface area contributed by atoms with Crippen molar-refractivity contribution in [3.63, 3.8) is 0 Å². The third-order valence-electron chi connectivity index (χ3n) is 10.0. The predicted molar refractivity (Wildman–Crippen MR) is 121 cm³/mol. The lowest BCUT2D eigenvalue weighted by molar-refractivity contribution is -0.183. The average Bonchev–Trinajstić information content (AvgIpc) is 3.04. The Hall–Kier alpha value is -0.650. The van der Waals surface area contributed by atoms with E-state index in [0.717, 1.165) is 32.1 Å². The van der Waals surface area contributed by atoms with E-state index in [0.29, 0.717) is 42.4 Å². The summed E-state index contributed by atoms with van der Waals surface area (Å²) < 4.78 is 11.3. The molecule has 2 N–H and O–H groups in total. The Morgan fingerprint density at radius 1 is 1.13 bits per heavy atom. The van der Waals surface area contributed by atoms with E-state index in [1.165, 1.54) is 12.8 Å². The monoisotopic (exact) mass is 435 g/mol. The van der Waals surface area contributed by atoms with Gasteiger partial charge in [0.2, 0.25) is 0 Å². The van der Waals surface area contributed by atoms with E-state index in [1.807, 2.05) is 6.92 Å². The number of nitrogens with one attached hydrogen (secondary N) is 1. The fourth-order valence-corrected chi connectivity index (χ4v) is 8.94. The number of esters is 1. The third kappa shape index (κ3) is 3.77. The minimum absolute atomic E-state index is 0.0103. The molecule has 0 spiro atoms. The zero-order chi connectivity index (χ0) is 22.6. The fraction of sp³-hybridized carbons (Fsp3) is 0.962. The number of ether oxygens (including phenoxy) is 2. The van der Waals surface area contributed by atoms with Gasteiger partial charge in [-0.25, -0.2) is 0 Å². The van der Waals surface area contributed by atoms with Gasteiger partial charge in [-0.15, -0.1) is 0 Å². The lowest BCUT2D eigenvalue weighted by atomic mass is 9.43. The van der Waals surface area contributed by atoms with Crippen LogP contribution in [0.2, 0.25) is 0 Å². The van der Waals surface area contributed by atoms with Gasteiger partial charge in [-0.1, -0.05) is 27.7 Å². The van der Waals surface area contributed by atoms with Gasteiger partial charge in [0.05, 0.1) is 25.2 Å².